The highest BCUT2D eigenvalue weighted by atomic mass is 32.2. The molecule has 28 heavy (non-hydrogen) atoms. The van der Waals surface area contributed by atoms with E-state index in [1.54, 1.807) is 6.92 Å². The smallest absolute Gasteiger partial charge is 0.419 e. The molecule has 0 spiro atoms. The van der Waals surface area contributed by atoms with E-state index in [1.807, 2.05) is 0 Å². The monoisotopic (exact) mass is 417 g/mol. The van der Waals surface area contributed by atoms with Crippen molar-refractivity contribution in [1.29, 1.82) is 0 Å². The second kappa shape index (κ2) is 9.00. The Bertz CT molecular complexity index is 890. The summed E-state index contributed by atoms with van der Waals surface area (Å²) in [6.45, 7) is 1.66. The van der Waals surface area contributed by atoms with Crippen LogP contribution in [-0.4, -0.2) is 40.1 Å². The van der Waals surface area contributed by atoms with Crippen molar-refractivity contribution in [3.8, 4) is 5.75 Å². The van der Waals surface area contributed by atoms with E-state index >= 15 is 0 Å². The normalized spacial score (nSPS) is 12.4. The lowest BCUT2D eigenvalue weighted by Gasteiger charge is -2.15. The molecule has 2 rings (SSSR count). The quantitative estimate of drug-likeness (QED) is 0.547. The summed E-state index contributed by atoms with van der Waals surface area (Å²) in [4.78, 5) is 19.9. The summed E-state index contributed by atoms with van der Waals surface area (Å²) in [6.07, 6.45) is -2.06. The van der Waals surface area contributed by atoms with Crippen LogP contribution in [0.2, 0.25) is 0 Å². The van der Waals surface area contributed by atoms with E-state index in [2.05, 4.69) is 15.3 Å². The highest BCUT2D eigenvalue weighted by Gasteiger charge is 2.34. The standard InChI is InChI=1S/C17H18F3N3O4S/c1-4-27-15(24)11-9-22-16(28(3)25)23-14(11)21-8-10-5-6-13(26-2)12(7-10)17(18,19)20/h5-7,9H,4,8H2,1-3H3,(H,21,22,23). The van der Waals surface area contributed by atoms with Crippen molar-refractivity contribution in [3.05, 3.63) is 41.1 Å². The van der Waals surface area contributed by atoms with E-state index in [-0.39, 0.29) is 41.0 Å². The zero-order valence-electron chi connectivity index (χ0n) is 15.3. The minimum absolute atomic E-state index is 0.0133. The van der Waals surface area contributed by atoms with Crippen LogP contribution in [0.25, 0.3) is 0 Å². The maximum atomic E-state index is 13.2. The Labute approximate surface area is 161 Å². The molecular weight excluding hydrogens is 399 g/mol. The van der Waals surface area contributed by atoms with Gasteiger partial charge in [-0.2, -0.15) is 13.2 Å². The lowest BCUT2D eigenvalue weighted by atomic mass is 10.1. The number of nitrogens with one attached hydrogen (secondary N) is 1. The molecule has 0 aliphatic carbocycles. The van der Waals surface area contributed by atoms with Crippen LogP contribution in [0, 0.1) is 0 Å². The summed E-state index contributed by atoms with van der Waals surface area (Å²) >= 11 is 0. The van der Waals surface area contributed by atoms with E-state index in [0.29, 0.717) is 0 Å². The number of benzene rings is 1. The lowest BCUT2D eigenvalue weighted by Crippen LogP contribution is -2.14. The minimum Gasteiger partial charge on any atom is -0.496 e. The van der Waals surface area contributed by atoms with Crippen molar-refractivity contribution in [3.63, 3.8) is 0 Å². The van der Waals surface area contributed by atoms with Crippen molar-refractivity contribution < 1.29 is 31.6 Å². The Morgan fingerprint density at radius 1 is 1.32 bits per heavy atom. The van der Waals surface area contributed by atoms with Gasteiger partial charge in [-0.25, -0.2) is 14.8 Å². The molecule has 1 unspecified atom stereocenters. The number of alkyl halides is 3. The average molecular weight is 417 g/mol. The van der Waals surface area contributed by atoms with Crippen molar-refractivity contribution >= 4 is 22.6 Å². The molecule has 0 saturated carbocycles. The van der Waals surface area contributed by atoms with Gasteiger partial charge in [-0.05, 0) is 24.6 Å². The highest BCUT2D eigenvalue weighted by molar-refractivity contribution is 7.84. The lowest BCUT2D eigenvalue weighted by molar-refractivity contribution is -0.138. The molecule has 152 valence electrons. The average Bonchev–Trinajstić information content (AvgIpc) is 2.65. The Balaban J connectivity index is 2.34. The van der Waals surface area contributed by atoms with E-state index in [1.165, 1.54) is 24.6 Å². The van der Waals surface area contributed by atoms with Gasteiger partial charge in [-0.3, -0.25) is 4.21 Å². The van der Waals surface area contributed by atoms with E-state index in [0.717, 1.165) is 13.2 Å². The molecule has 1 atom stereocenters. The number of hydrogen-bond acceptors (Lipinski definition) is 7. The van der Waals surface area contributed by atoms with Crippen molar-refractivity contribution in [2.45, 2.75) is 24.8 Å². The second-order valence-electron chi connectivity index (χ2n) is 5.48. The Hall–Kier alpha value is -2.69. The Morgan fingerprint density at radius 3 is 2.61 bits per heavy atom. The third-order valence-electron chi connectivity index (χ3n) is 3.55. The minimum atomic E-state index is -4.58. The fraction of sp³-hybridized carbons (Fsp3) is 0.353. The zero-order valence-corrected chi connectivity index (χ0v) is 16.1. The van der Waals surface area contributed by atoms with E-state index in [4.69, 9.17) is 9.47 Å². The zero-order chi connectivity index (χ0) is 20.9. The van der Waals surface area contributed by atoms with Gasteiger partial charge in [-0.15, -0.1) is 0 Å². The predicted molar refractivity (Wildman–Crippen MR) is 95.6 cm³/mol. The van der Waals surface area contributed by atoms with Gasteiger partial charge in [0.1, 0.15) is 17.1 Å². The predicted octanol–water partition coefficient (Wildman–Crippen LogP) is 3.03. The first-order valence-corrected chi connectivity index (χ1v) is 9.58. The molecule has 0 aliphatic rings. The number of nitrogens with zero attached hydrogens (tertiary/aromatic N) is 2. The number of methoxy groups -OCH3 is 1. The molecule has 0 saturated heterocycles. The number of ether oxygens (including phenoxy) is 2. The third kappa shape index (κ3) is 5.18. The first kappa shape index (κ1) is 21.6. The van der Waals surface area contributed by atoms with E-state index in [9.17, 15) is 22.2 Å². The fourth-order valence-electron chi connectivity index (χ4n) is 2.27. The molecule has 7 nitrogen and oxygen atoms in total. The number of esters is 1. The van der Waals surface area contributed by atoms with Crippen LogP contribution in [0.15, 0.2) is 29.6 Å². The van der Waals surface area contributed by atoms with E-state index < -0.39 is 28.5 Å². The van der Waals surface area contributed by atoms with Gasteiger partial charge in [0.25, 0.3) is 0 Å². The van der Waals surface area contributed by atoms with Gasteiger partial charge >= 0.3 is 12.1 Å². The van der Waals surface area contributed by atoms with Crippen LogP contribution in [0.5, 0.6) is 5.75 Å². The molecule has 1 heterocycles. The summed E-state index contributed by atoms with van der Waals surface area (Å²) in [6, 6.07) is 3.60. The number of anilines is 1. The molecule has 0 radical (unpaired) electrons. The van der Waals surface area contributed by atoms with Crippen LogP contribution < -0.4 is 10.1 Å². The van der Waals surface area contributed by atoms with Crippen LogP contribution >= 0.6 is 0 Å². The number of rotatable bonds is 7. The molecule has 11 heteroatoms. The number of carbonyl (C=O) groups excluding carboxylic acids is 1. The summed E-state index contributed by atoms with van der Waals surface area (Å²) in [5, 5.41) is 2.76. The molecule has 1 aromatic heterocycles. The highest BCUT2D eigenvalue weighted by Crippen LogP contribution is 2.36. The van der Waals surface area contributed by atoms with Gasteiger partial charge in [0.2, 0.25) is 5.16 Å². The number of aromatic nitrogens is 2. The van der Waals surface area contributed by atoms with Crippen LogP contribution in [0.4, 0.5) is 19.0 Å². The number of hydrogen-bond donors (Lipinski definition) is 1. The third-order valence-corrected chi connectivity index (χ3v) is 4.26. The number of halogens is 3. The summed E-state index contributed by atoms with van der Waals surface area (Å²) in [5.41, 5.74) is -0.653. The molecule has 0 bridgehead atoms. The molecule has 1 aromatic carbocycles. The number of carbonyl (C=O) groups is 1. The summed E-state index contributed by atoms with van der Waals surface area (Å²) < 4.78 is 60.8. The van der Waals surface area contributed by atoms with Crippen molar-refractivity contribution in [2.24, 2.45) is 0 Å². The molecule has 2 aromatic rings. The topological polar surface area (TPSA) is 90.4 Å². The van der Waals surface area contributed by atoms with Gasteiger partial charge in [-0.1, -0.05) is 6.07 Å². The van der Waals surface area contributed by atoms with Crippen LogP contribution in [0.1, 0.15) is 28.4 Å². The van der Waals surface area contributed by atoms with Crippen molar-refractivity contribution in [1.82, 2.24) is 9.97 Å². The van der Waals surface area contributed by atoms with Crippen molar-refractivity contribution in [2.75, 3.05) is 25.3 Å². The first-order valence-electron chi connectivity index (χ1n) is 8.03. The van der Waals surface area contributed by atoms with Gasteiger partial charge in [0.15, 0.2) is 0 Å². The maximum absolute atomic E-state index is 13.2. The molecule has 0 aliphatic heterocycles. The SMILES string of the molecule is CCOC(=O)c1cnc(S(C)=O)nc1NCc1ccc(OC)c(C(F)(F)F)c1. The van der Waals surface area contributed by atoms with Gasteiger partial charge in [0, 0.05) is 19.0 Å². The summed E-state index contributed by atoms with van der Waals surface area (Å²) in [5.74, 6) is -0.985. The van der Waals surface area contributed by atoms with Crippen LogP contribution in [-0.2, 0) is 28.3 Å². The molecule has 0 amide bonds. The maximum Gasteiger partial charge on any atom is 0.419 e. The van der Waals surface area contributed by atoms with Gasteiger partial charge in [0.05, 0.1) is 30.1 Å². The van der Waals surface area contributed by atoms with Gasteiger partial charge < -0.3 is 14.8 Å². The summed E-state index contributed by atoms with van der Waals surface area (Å²) in [7, 11) is -0.358. The molecule has 0 fully saturated rings. The fourth-order valence-corrected chi connectivity index (χ4v) is 2.69. The first-order chi connectivity index (χ1) is 13.2. The van der Waals surface area contributed by atoms with Crippen LogP contribution in [0.3, 0.4) is 0 Å². The Morgan fingerprint density at radius 2 is 2.04 bits per heavy atom. The molecule has 1 N–H and O–H groups in total. The largest absolute Gasteiger partial charge is 0.496 e. The Kier molecular flexibility index (Phi) is 6.95. The second-order valence-corrected chi connectivity index (χ2v) is 6.75. The molecular formula is C17H18F3N3O4S.